The maximum atomic E-state index is 11.9. The molecule has 3 nitrogen and oxygen atoms in total. The minimum atomic E-state index is -4.86. The average Bonchev–Trinajstić information content (AvgIpc) is 2.07. The Balaban J connectivity index is 3.14. The third-order valence-corrected chi connectivity index (χ3v) is 2.82. The van der Waals surface area contributed by atoms with Crippen LogP contribution < -0.4 is 10.2 Å². The number of benzene rings is 1. The molecule has 0 aliphatic carbocycles. The van der Waals surface area contributed by atoms with Crippen LogP contribution in [-0.4, -0.2) is 23.5 Å². The number of halogens is 5. The van der Waals surface area contributed by atoms with Crippen molar-refractivity contribution < 1.29 is 28.0 Å². The Kier molecular flexibility index (Phi) is 4.11. The van der Waals surface area contributed by atoms with Crippen LogP contribution in [-0.2, 0) is 0 Å². The summed E-state index contributed by atoms with van der Waals surface area (Å²) in [5.41, 5.74) is -0.282. The minimum Gasteiger partial charge on any atom is -0.423 e. The predicted molar refractivity (Wildman–Crippen MR) is 55.7 cm³/mol. The second-order valence-electron chi connectivity index (χ2n) is 2.73. The van der Waals surface area contributed by atoms with Crippen molar-refractivity contribution in [3.05, 3.63) is 21.6 Å². The summed E-state index contributed by atoms with van der Waals surface area (Å²) >= 11 is 8.50. The van der Waals surface area contributed by atoms with Crippen LogP contribution >= 0.6 is 27.5 Å². The van der Waals surface area contributed by atoms with E-state index in [0.29, 0.717) is 0 Å². The van der Waals surface area contributed by atoms with Gasteiger partial charge < -0.3 is 14.8 Å². The Bertz CT molecular complexity index is 399. The van der Waals surface area contributed by atoms with Gasteiger partial charge in [0, 0.05) is 9.94 Å². The first-order valence-electron chi connectivity index (χ1n) is 3.81. The molecule has 0 unspecified atom stereocenters. The Morgan fingerprint density at radius 2 is 1.88 bits per heavy atom. The van der Waals surface area contributed by atoms with Gasteiger partial charge in [-0.15, -0.1) is 13.2 Å². The lowest BCUT2D eigenvalue weighted by Crippen LogP contribution is -2.31. The molecule has 0 fully saturated rings. The second-order valence-corrected chi connectivity index (χ2v) is 3.96. The molecular weight excluding hydrogens is 315 g/mol. The van der Waals surface area contributed by atoms with Crippen molar-refractivity contribution in [2.24, 2.45) is 0 Å². The molecule has 16 heavy (non-hydrogen) atoms. The molecule has 1 aromatic rings. The first kappa shape index (κ1) is 13.6. The van der Waals surface area contributed by atoms with Crippen LogP contribution in [0.3, 0.4) is 0 Å². The Morgan fingerprint density at radius 1 is 1.31 bits per heavy atom. The van der Waals surface area contributed by atoms with Crippen molar-refractivity contribution in [2.75, 3.05) is 0 Å². The molecule has 0 heterocycles. The van der Waals surface area contributed by atoms with Crippen molar-refractivity contribution in [3.63, 3.8) is 0 Å². The maximum Gasteiger partial charge on any atom is 0.573 e. The highest BCUT2D eigenvalue weighted by molar-refractivity contribution is 9.10. The number of hydrogen-bond acceptors (Lipinski definition) is 3. The van der Waals surface area contributed by atoms with E-state index in [9.17, 15) is 13.2 Å². The quantitative estimate of drug-likeness (QED) is 0.816. The Labute approximate surface area is 102 Å². The highest BCUT2D eigenvalue weighted by Gasteiger charge is 2.32. The molecule has 0 amide bonds. The highest BCUT2D eigenvalue weighted by Crippen LogP contribution is 2.29. The lowest BCUT2D eigenvalue weighted by Gasteiger charge is -2.12. The topological polar surface area (TPSA) is 49.7 Å². The van der Waals surface area contributed by atoms with Crippen molar-refractivity contribution >= 4 is 40.1 Å². The van der Waals surface area contributed by atoms with Crippen LogP contribution in [0, 0.1) is 0 Å². The van der Waals surface area contributed by atoms with Gasteiger partial charge in [-0.25, -0.2) is 0 Å². The van der Waals surface area contributed by atoms with E-state index in [0.717, 1.165) is 12.1 Å². The number of rotatable bonds is 2. The molecule has 0 aliphatic rings. The molecule has 88 valence electrons. The first-order valence-corrected chi connectivity index (χ1v) is 4.98. The zero-order valence-electron chi connectivity index (χ0n) is 7.42. The van der Waals surface area contributed by atoms with Crippen molar-refractivity contribution in [2.45, 2.75) is 6.36 Å². The summed E-state index contributed by atoms with van der Waals surface area (Å²) in [5.74, 6) is -0.591. The van der Waals surface area contributed by atoms with E-state index in [1.54, 1.807) is 0 Å². The fourth-order valence-electron chi connectivity index (χ4n) is 0.965. The van der Waals surface area contributed by atoms with E-state index in [-0.39, 0.29) is 15.0 Å². The largest absolute Gasteiger partial charge is 0.573 e. The van der Waals surface area contributed by atoms with Gasteiger partial charge in [-0.1, -0.05) is 11.6 Å². The van der Waals surface area contributed by atoms with Gasteiger partial charge in [0.1, 0.15) is 5.75 Å². The zero-order chi connectivity index (χ0) is 12.5. The lowest BCUT2D eigenvalue weighted by atomic mass is 9.80. The summed E-state index contributed by atoms with van der Waals surface area (Å²) in [5, 5.41) is 17.6. The van der Waals surface area contributed by atoms with Gasteiger partial charge in [-0.05, 0) is 28.1 Å². The average molecular weight is 319 g/mol. The number of alkyl halides is 3. The molecule has 1 rings (SSSR count). The van der Waals surface area contributed by atoms with E-state index in [2.05, 4.69) is 20.7 Å². The second kappa shape index (κ2) is 4.83. The summed E-state index contributed by atoms with van der Waals surface area (Å²) in [6.07, 6.45) is -4.86. The summed E-state index contributed by atoms with van der Waals surface area (Å²) in [4.78, 5) is 0. The van der Waals surface area contributed by atoms with Crippen molar-refractivity contribution in [3.8, 4) is 5.75 Å². The molecule has 0 radical (unpaired) electrons. The molecular formula is C7H4BBrClF3O3. The molecule has 0 saturated heterocycles. The third kappa shape index (κ3) is 3.55. The highest BCUT2D eigenvalue weighted by atomic mass is 79.9. The van der Waals surface area contributed by atoms with Crippen LogP contribution in [0.5, 0.6) is 5.75 Å². The van der Waals surface area contributed by atoms with Gasteiger partial charge in [0.15, 0.2) is 0 Å². The summed E-state index contributed by atoms with van der Waals surface area (Å²) in [7, 11) is -1.99. The summed E-state index contributed by atoms with van der Waals surface area (Å²) in [6.45, 7) is 0. The molecule has 1 aromatic carbocycles. The molecule has 0 aromatic heterocycles. The van der Waals surface area contributed by atoms with Crippen LogP contribution in [0.2, 0.25) is 5.02 Å². The normalized spacial score (nSPS) is 11.4. The molecule has 0 aliphatic heterocycles. The van der Waals surface area contributed by atoms with E-state index >= 15 is 0 Å². The smallest absolute Gasteiger partial charge is 0.423 e. The maximum absolute atomic E-state index is 11.9. The SMILES string of the molecule is OB(O)c1cc(OC(F)(F)F)cc(Br)c1Cl. The zero-order valence-corrected chi connectivity index (χ0v) is 9.77. The van der Waals surface area contributed by atoms with E-state index < -0.39 is 19.2 Å². The molecule has 0 atom stereocenters. The molecule has 9 heteroatoms. The van der Waals surface area contributed by atoms with Crippen LogP contribution in [0.15, 0.2) is 16.6 Å². The van der Waals surface area contributed by atoms with Crippen LogP contribution in [0.4, 0.5) is 13.2 Å². The molecule has 0 bridgehead atoms. The Hall–Kier alpha value is -0.435. The number of ether oxygens (including phenoxy) is 1. The predicted octanol–water partition coefficient (Wildman–Crippen LogP) is 1.68. The first-order chi connectivity index (χ1) is 7.20. The monoisotopic (exact) mass is 318 g/mol. The molecule has 0 saturated carbocycles. The van der Waals surface area contributed by atoms with E-state index in [4.69, 9.17) is 21.6 Å². The minimum absolute atomic E-state index is 0.0685. The number of hydrogen-bond donors (Lipinski definition) is 2. The van der Waals surface area contributed by atoms with E-state index in [1.165, 1.54) is 0 Å². The van der Waals surface area contributed by atoms with Crippen molar-refractivity contribution in [1.82, 2.24) is 0 Å². The van der Waals surface area contributed by atoms with Crippen LogP contribution in [0.1, 0.15) is 0 Å². The summed E-state index contributed by atoms with van der Waals surface area (Å²) < 4.78 is 39.4. The van der Waals surface area contributed by atoms with Crippen LogP contribution in [0.25, 0.3) is 0 Å². The van der Waals surface area contributed by atoms with Gasteiger partial charge >= 0.3 is 13.5 Å². The Morgan fingerprint density at radius 3 is 2.31 bits per heavy atom. The van der Waals surface area contributed by atoms with Gasteiger partial charge in [-0.3, -0.25) is 0 Å². The van der Waals surface area contributed by atoms with E-state index in [1.807, 2.05) is 0 Å². The summed E-state index contributed by atoms with van der Waals surface area (Å²) in [6, 6.07) is 1.77. The fourth-order valence-corrected chi connectivity index (χ4v) is 1.63. The standard InChI is InChI=1S/C7H4BBrClF3O3/c9-5-2-3(16-7(11,12)13)1-4(6(5)10)8(14)15/h1-2,14-15H. The lowest BCUT2D eigenvalue weighted by molar-refractivity contribution is -0.274. The molecule has 0 spiro atoms. The van der Waals surface area contributed by atoms with Gasteiger partial charge in [0.05, 0.1) is 5.02 Å². The molecule has 2 N–H and O–H groups in total. The fraction of sp³-hybridized carbons (Fsp3) is 0.143. The third-order valence-electron chi connectivity index (χ3n) is 1.54. The van der Waals surface area contributed by atoms with Gasteiger partial charge in [0.2, 0.25) is 0 Å². The van der Waals surface area contributed by atoms with Crippen molar-refractivity contribution in [1.29, 1.82) is 0 Å². The van der Waals surface area contributed by atoms with Gasteiger partial charge in [0.25, 0.3) is 0 Å². The van der Waals surface area contributed by atoms with Gasteiger partial charge in [-0.2, -0.15) is 0 Å².